The molecule has 22 heavy (non-hydrogen) atoms. The lowest BCUT2D eigenvalue weighted by Crippen LogP contribution is -1.87. The van der Waals surface area contributed by atoms with Crippen LogP contribution in [0.15, 0.2) is 50.9 Å². The van der Waals surface area contributed by atoms with Crippen LogP contribution < -0.4 is 0 Å². The Morgan fingerprint density at radius 3 is 2.68 bits per heavy atom. The average molecular weight is 431 g/mol. The number of aliphatic imine (C=N–C) groups is 1. The molecule has 2 heterocycles. The van der Waals surface area contributed by atoms with E-state index in [0.29, 0.717) is 5.70 Å². The quantitative estimate of drug-likeness (QED) is 0.554. The van der Waals surface area contributed by atoms with E-state index in [1.807, 2.05) is 42.5 Å². The van der Waals surface area contributed by atoms with Gasteiger partial charge in [0, 0.05) is 15.7 Å². The zero-order valence-corrected chi connectivity index (χ0v) is 15.9. The van der Waals surface area contributed by atoms with Gasteiger partial charge in [-0.1, -0.05) is 35.5 Å². The molecule has 2 nitrogen and oxygen atoms in total. The molecule has 1 aromatic carbocycles. The Kier molecular flexibility index (Phi) is 5.46. The maximum atomic E-state index is 12.0. The van der Waals surface area contributed by atoms with E-state index in [2.05, 4.69) is 20.9 Å². The lowest BCUT2D eigenvalue weighted by Gasteiger charge is -1.99. The molecule has 0 aliphatic carbocycles. The second-order valence-electron chi connectivity index (χ2n) is 4.35. The van der Waals surface area contributed by atoms with E-state index >= 15 is 0 Å². The fraction of sp³-hybridized carbons (Fsp3) is 0.0667. The fourth-order valence-corrected chi connectivity index (χ4v) is 5.00. The molecule has 0 saturated carbocycles. The summed E-state index contributed by atoms with van der Waals surface area (Å²) >= 11 is 13.6. The second kappa shape index (κ2) is 7.36. The molecule has 2 aromatic rings. The van der Waals surface area contributed by atoms with Crippen LogP contribution in [0.2, 0.25) is 5.02 Å². The van der Waals surface area contributed by atoms with E-state index in [1.165, 1.54) is 11.8 Å². The maximum Gasteiger partial charge on any atom is 0.244 e. The number of carbonyl (C=O) groups is 1. The molecule has 1 aliphatic heterocycles. The first-order valence-electron chi connectivity index (χ1n) is 6.25. The van der Waals surface area contributed by atoms with Crippen molar-refractivity contribution < 1.29 is 4.79 Å². The summed E-state index contributed by atoms with van der Waals surface area (Å²) in [6.45, 7) is 0. The molecule has 0 spiro atoms. The Morgan fingerprint density at radius 2 is 2.00 bits per heavy atom. The number of benzene rings is 1. The van der Waals surface area contributed by atoms with Crippen molar-refractivity contribution in [2.75, 3.05) is 0 Å². The van der Waals surface area contributed by atoms with Gasteiger partial charge in [-0.2, -0.15) is 0 Å². The predicted molar refractivity (Wildman–Crippen MR) is 103 cm³/mol. The third kappa shape index (κ3) is 4.26. The molecular weight excluding hydrogens is 422 g/mol. The standard InChI is InChI=1S/C15H9BrClNOS3/c16-13-6-5-11(21-13)7-12-14(19)22-15(18-12)20-8-9-1-3-10(17)4-2-9/h1-7H,8H2/b12-7+. The number of halogens is 2. The van der Waals surface area contributed by atoms with Gasteiger partial charge in [0.15, 0.2) is 0 Å². The molecule has 0 saturated heterocycles. The third-order valence-corrected chi connectivity index (χ3v) is 6.65. The highest BCUT2D eigenvalue weighted by molar-refractivity contribution is 9.11. The van der Waals surface area contributed by atoms with Crippen molar-refractivity contribution in [3.05, 3.63) is 61.3 Å². The summed E-state index contributed by atoms with van der Waals surface area (Å²) in [7, 11) is 0. The molecule has 0 amide bonds. The predicted octanol–water partition coefficient (Wildman–Crippen LogP) is 6.07. The SMILES string of the molecule is O=C1SC(SCc2ccc(Cl)cc2)=N/C1=C/c1ccc(Br)s1. The van der Waals surface area contributed by atoms with Gasteiger partial charge in [0.2, 0.25) is 5.12 Å². The molecule has 1 aliphatic rings. The van der Waals surface area contributed by atoms with Crippen LogP contribution in [0.4, 0.5) is 0 Å². The number of hydrogen-bond donors (Lipinski definition) is 0. The molecule has 7 heteroatoms. The number of nitrogens with zero attached hydrogens (tertiary/aromatic N) is 1. The average Bonchev–Trinajstić information content (AvgIpc) is 3.05. The van der Waals surface area contributed by atoms with E-state index in [4.69, 9.17) is 11.6 Å². The summed E-state index contributed by atoms with van der Waals surface area (Å²) in [5.74, 6) is 0.772. The Hall–Kier alpha value is -0.530. The van der Waals surface area contributed by atoms with Gasteiger partial charge in [-0.3, -0.25) is 4.79 Å². The Balaban J connectivity index is 1.67. The van der Waals surface area contributed by atoms with Crippen molar-refractivity contribution in [1.82, 2.24) is 0 Å². The summed E-state index contributed by atoms with van der Waals surface area (Å²) in [6.07, 6.45) is 1.83. The largest absolute Gasteiger partial charge is 0.279 e. The molecule has 1 aromatic heterocycles. The third-order valence-electron chi connectivity index (χ3n) is 2.75. The molecule has 0 bridgehead atoms. The normalized spacial score (nSPS) is 16.4. The van der Waals surface area contributed by atoms with Crippen LogP contribution in [0.25, 0.3) is 6.08 Å². The minimum Gasteiger partial charge on any atom is -0.279 e. The lowest BCUT2D eigenvalue weighted by atomic mass is 10.2. The van der Waals surface area contributed by atoms with Crippen molar-refractivity contribution in [3.8, 4) is 0 Å². The van der Waals surface area contributed by atoms with E-state index in [1.54, 1.807) is 23.1 Å². The lowest BCUT2D eigenvalue weighted by molar-refractivity contribution is -0.107. The summed E-state index contributed by atoms with van der Waals surface area (Å²) in [6, 6.07) is 11.6. The molecular formula is C15H9BrClNOS3. The fourth-order valence-electron chi connectivity index (χ4n) is 1.72. The number of thiophene rings is 1. The first-order chi connectivity index (χ1) is 10.6. The van der Waals surface area contributed by atoms with Crippen molar-refractivity contribution in [2.24, 2.45) is 4.99 Å². The van der Waals surface area contributed by atoms with Crippen LogP contribution in [-0.4, -0.2) is 9.49 Å². The Bertz CT molecular complexity index is 767. The molecule has 3 rings (SSSR count). The number of thioether (sulfide) groups is 2. The zero-order valence-electron chi connectivity index (χ0n) is 11.1. The van der Waals surface area contributed by atoms with Gasteiger partial charge in [0.1, 0.15) is 10.1 Å². The summed E-state index contributed by atoms with van der Waals surface area (Å²) < 4.78 is 1.83. The van der Waals surface area contributed by atoms with Gasteiger partial charge >= 0.3 is 0 Å². The maximum absolute atomic E-state index is 12.0. The Morgan fingerprint density at radius 1 is 1.23 bits per heavy atom. The van der Waals surface area contributed by atoms with Gasteiger partial charge in [0.25, 0.3) is 0 Å². The molecule has 0 N–H and O–H groups in total. The van der Waals surface area contributed by atoms with Crippen LogP contribution in [0, 0.1) is 0 Å². The zero-order chi connectivity index (χ0) is 15.5. The minimum absolute atomic E-state index is 0.00290. The molecule has 112 valence electrons. The topological polar surface area (TPSA) is 29.4 Å². The molecule has 0 unspecified atom stereocenters. The summed E-state index contributed by atoms with van der Waals surface area (Å²) in [5.41, 5.74) is 1.67. The van der Waals surface area contributed by atoms with E-state index in [0.717, 1.165) is 29.4 Å². The highest BCUT2D eigenvalue weighted by Crippen LogP contribution is 2.34. The molecule has 0 radical (unpaired) electrons. The van der Waals surface area contributed by atoms with Crippen LogP contribution in [0.1, 0.15) is 10.4 Å². The van der Waals surface area contributed by atoms with Gasteiger partial charge in [-0.15, -0.1) is 11.3 Å². The van der Waals surface area contributed by atoms with Crippen molar-refractivity contribution in [2.45, 2.75) is 5.75 Å². The van der Waals surface area contributed by atoms with E-state index in [-0.39, 0.29) is 5.12 Å². The van der Waals surface area contributed by atoms with E-state index in [9.17, 15) is 4.79 Å². The molecule has 0 fully saturated rings. The first kappa shape index (κ1) is 16.3. The van der Waals surface area contributed by atoms with Gasteiger partial charge in [-0.25, -0.2) is 4.99 Å². The second-order valence-corrected chi connectivity index (χ2v) is 9.47. The van der Waals surface area contributed by atoms with Gasteiger partial charge < -0.3 is 0 Å². The monoisotopic (exact) mass is 429 g/mol. The van der Waals surface area contributed by atoms with Crippen LogP contribution >= 0.6 is 62.4 Å². The minimum atomic E-state index is 0.00290. The Labute approximate surface area is 154 Å². The van der Waals surface area contributed by atoms with Crippen LogP contribution in [0.5, 0.6) is 0 Å². The van der Waals surface area contributed by atoms with Gasteiger partial charge in [0.05, 0.1) is 3.79 Å². The van der Waals surface area contributed by atoms with Crippen molar-refractivity contribution >= 4 is 78.0 Å². The van der Waals surface area contributed by atoms with E-state index < -0.39 is 0 Å². The highest BCUT2D eigenvalue weighted by atomic mass is 79.9. The number of rotatable bonds is 3. The van der Waals surface area contributed by atoms with Gasteiger partial charge in [-0.05, 0) is 63.6 Å². The number of hydrogen-bond acceptors (Lipinski definition) is 5. The summed E-state index contributed by atoms with van der Waals surface area (Å²) in [5, 5.41) is 0.729. The highest BCUT2D eigenvalue weighted by Gasteiger charge is 2.22. The van der Waals surface area contributed by atoms with Crippen molar-refractivity contribution in [1.29, 1.82) is 0 Å². The first-order valence-corrected chi connectivity index (χ1v) is 10.0. The molecule has 0 atom stereocenters. The van der Waals surface area contributed by atoms with Crippen molar-refractivity contribution in [3.63, 3.8) is 0 Å². The van der Waals surface area contributed by atoms with Crippen LogP contribution in [-0.2, 0) is 10.5 Å². The summed E-state index contributed by atoms with van der Waals surface area (Å²) in [4.78, 5) is 17.4. The smallest absolute Gasteiger partial charge is 0.244 e. The number of carbonyl (C=O) groups excluding carboxylic acids is 1. The van der Waals surface area contributed by atoms with Crippen LogP contribution in [0.3, 0.4) is 0 Å².